The Hall–Kier alpha value is -7.99. The SMILES string of the molecule is C#CCCN(Cc1ncc(-c2ccc(Oc3ccc(-c4cnc([C@@H]5CCCN5C(=O)C(C=NC(=O)OC)c5ccccc5)[nH]4)cc3)cc2)[nH]1)C(=O)[C@H](NC(=O)OC)c1ccccc1. The number of alkyl carbamates (subject to hydrolysis) is 1. The number of ether oxygens (including phenoxy) is 3. The van der Waals surface area contributed by atoms with Crippen LogP contribution in [0.5, 0.6) is 11.5 Å². The molecule has 63 heavy (non-hydrogen) atoms. The van der Waals surface area contributed by atoms with Crippen LogP contribution in [0.2, 0.25) is 0 Å². The summed E-state index contributed by atoms with van der Waals surface area (Å²) in [5, 5.41) is 2.64. The van der Waals surface area contributed by atoms with E-state index in [1.165, 1.54) is 20.4 Å². The summed E-state index contributed by atoms with van der Waals surface area (Å²) in [6.45, 7) is 0.935. The Kier molecular flexibility index (Phi) is 14.0. The quantitative estimate of drug-likeness (QED) is 0.0681. The number of hydrogen-bond acceptors (Lipinski definition) is 9. The normalized spacial score (nSPS) is 14.4. The molecule has 2 aromatic heterocycles. The van der Waals surface area contributed by atoms with Crippen molar-refractivity contribution < 1.29 is 33.4 Å². The lowest BCUT2D eigenvalue weighted by Gasteiger charge is -2.27. The Morgan fingerprint density at radius 3 is 2.10 bits per heavy atom. The van der Waals surface area contributed by atoms with Gasteiger partial charge in [-0.05, 0) is 83.6 Å². The number of likely N-dealkylation sites (tertiary alicyclic amines) is 1. The van der Waals surface area contributed by atoms with Gasteiger partial charge in [0.1, 0.15) is 29.2 Å². The number of carbonyl (C=O) groups is 4. The van der Waals surface area contributed by atoms with Crippen LogP contribution >= 0.6 is 0 Å². The Labute approximate surface area is 364 Å². The van der Waals surface area contributed by atoms with Gasteiger partial charge in [-0.2, -0.15) is 4.99 Å². The third-order valence-electron chi connectivity index (χ3n) is 10.6. The van der Waals surface area contributed by atoms with E-state index in [2.05, 4.69) is 40.9 Å². The number of methoxy groups -OCH3 is 2. The third kappa shape index (κ3) is 10.7. The zero-order valence-electron chi connectivity index (χ0n) is 34.8. The lowest BCUT2D eigenvalue weighted by Crippen LogP contribution is -2.43. The lowest BCUT2D eigenvalue weighted by atomic mass is 9.98. The number of benzene rings is 4. The van der Waals surface area contributed by atoms with Crippen LogP contribution in [-0.2, 0) is 25.6 Å². The Balaban J connectivity index is 0.980. The number of rotatable bonds is 15. The molecule has 7 rings (SSSR count). The van der Waals surface area contributed by atoms with Crippen molar-refractivity contribution in [1.29, 1.82) is 0 Å². The molecule has 1 aliphatic heterocycles. The fraction of sp³-hybridized carbons (Fsp3) is 0.229. The van der Waals surface area contributed by atoms with E-state index in [0.29, 0.717) is 41.7 Å². The second kappa shape index (κ2) is 20.5. The number of aliphatic imine (C=N–C) groups is 1. The van der Waals surface area contributed by atoms with Crippen molar-refractivity contribution in [3.63, 3.8) is 0 Å². The molecule has 0 bridgehead atoms. The molecule has 3 atom stereocenters. The highest BCUT2D eigenvalue weighted by atomic mass is 16.5. The molecule has 3 heterocycles. The van der Waals surface area contributed by atoms with Crippen LogP contribution in [0, 0.1) is 12.3 Å². The van der Waals surface area contributed by atoms with E-state index < -0.39 is 24.1 Å². The third-order valence-corrected chi connectivity index (χ3v) is 10.6. The average molecular weight is 847 g/mol. The summed E-state index contributed by atoms with van der Waals surface area (Å²) < 4.78 is 15.6. The van der Waals surface area contributed by atoms with Crippen LogP contribution in [0.3, 0.4) is 0 Å². The molecule has 15 heteroatoms. The number of carbonyl (C=O) groups excluding carboxylic acids is 4. The van der Waals surface area contributed by atoms with Gasteiger partial charge < -0.3 is 39.3 Å². The number of aromatic amines is 2. The number of amides is 4. The first kappa shape index (κ1) is 43.1. The van der Waals surface area contributed by atoms with Gasteiger partial charge in [0.25, 0.3) is 0 Å². The molecule has 0 aliphatic carbocycles. The molecule has 1 unspecified atom stereocenters. The van der Waals surface area contributed by atoms with Gasteiger partial charge in [0, 0.05) is 25.7 Å². The minimum atomic E-state index is -0.984. The monoisotopic (exact) mass is 846 g/mol. The number of aromatic nitrogens is 4. The lowest BCUT2D eigenvalue weighted by molar-refractivity contribution is -0.134. The molecule has 3 N–H and O–H groups in total. The van der Waals surface area contributed by atoms with Gasteiger partial charge in [-0.1, -0.05) is 60.7 Å². The Morgan fingerprint density at radius 1 is 0.857 bits per heavy atom. The van der Waals surface area contributed by atoms with Gasteiger partial charge in [0.2, 0.25) is 11.8 Å². The first-order chi connectivity index (χ1) is 30.7. The molecule has 0 spiro atoms. The maximum atomic E-state index is 14.0. The highest BCUT2D eigenvalue weighted by Gasteiger charge is 2.36. The summed E-state index contributed by atoms with van der Waals surface area (Å²) in [5.41, 5.74) is 4.61. The van der Waals surface area contributed by atoms with E-state index in [1.54, 1.807) is 46.5 Å². The first-order valence-corrected chi connectivity index (χ1v) is 20.3. The van der Waals surface area contributed by atoms with Crippen LogP contribution in [-0.4, -0.2) is 87.3 Å². The Morgan fingerprint density at radius 2 is 1.48 bits per heavy atom. The number of terminal acetylenes is 1. The second-order valence-electron chi connectivity index (χ2n) is 14.6. The van der Waals surface area contributed by atoms with Crippen LogP contribution in [0.15, 0.2) is 127 Å². The Bertz CT molecular complexity index is 2570. The molecular weight excluding hydrogens is 801 g/mol. The van der Waals surface area contributed by atoms with Gasteiger partial charge in [-0.3, -0.25) is 9.59 Å². The van der Waals surface area contributed by atoms with E-state index in [4.69, 9.17) is 15.9 Å². The van der Waals surface area contributed by atoms with Gasteiger partial charge in [0.05, 0.1) is 56.5 Å². The summed E-state index contributed by atoms with van der Waals surface area (Å²) in [5.74, 6) is 3.78. The number of nitrogens with one attached hydrogen (secondary N) is 3. The van der Waals surface area contributed by atoms with Gasteiger partial charge in [0.15, 0.2) is 0 Å². The van der Waals surface area contributed by atoms with Crippen LogP contribution in [0.4, 0.5) is 9.59 Å². The van der Waals surface area contributed by atoms with E-state index in [1.807, 2.05) is 84.9 Å². The summed E-state index contributed by atoms with van der Waals surface area (Å²) in [4.78, 5) is 75.0. The van der Waals surface area contributed by atoms with Gasteiger partial charge in [-0.25, -0.2) is 19.6 Å². The standard InChI is InChI=1S/C48H46N8O7/c1-4-5-26-55(46(58)43(54-48(60)62-3)35-15-10-7-11-16-35)31-42-49-29-39(52-42)33-18-22-36(23-19-33)63-37-24-20-34(21-25-37)40-30-50-44(53-40)41-17-12-27-56(41)45(57)38(28-51-47(59)61-2)32-13-8-6-9-14-32/h1,6-11,13-16,18-25,28-30,38,41,43H,5,12,17,26-27,31H2,2-3H3,(H,49,52)(H,50,53)(H,54,60)/t38?,41-,43+/m0/s1. The van der Waals surface area contributed by atoms with Crippen LogP contribution in [0.1, 0.15) is 60.0 Å². The van der Waals surface area contributed by atoms with Crippen molar-refractivity contribution in [1.82, 2.24) is 35.1 Å². The van der Waals surface area contributed by atoms with Crippen molar-refractivity contribution in [3.05, 3.63) is 144 Å². The predicted octanol–water partition coefficient (Wildman–Crippen LogP) is 7.99. The minimum absolute atomic E-state index is 0.132. The molecular formula is C48H46N8O7. The van der Waals surface area contributed by atoms with E-state index in [0.717, 1.165) is 40.9 Å². The molecule has 4 aromatic carbocycles. The maximum Gasteiger partial charge on any atom is 0.432 e. The second-order valence-corrected chi connectivity index (χ2v) is 14.6. The first-order valence-electron chi connectivity index (χ1n) is 20.3. The number of imidazole rings is 2. The number of H-pyrrole nitrogens is 2. The zero-order valence-corrected chi connectivity index (χ0v) is 34.8. The zero-order chi connectivity index (χ0) is 44.1. The van der Waals surface area contributed by atoms with Crippen molar-refractivity contribution in [2.75, 3.05) is 27.3 Å². The van der Waals surface area contributed by atoms with E-state index in [-0.39, 0.29) is 30.9 Å². The van der Waals surface area contributed by atoms with E-state index >= 15 is 0 Å². The molecule has 1 saturated heterocycles. The molecule has 6 aromatic rings. The fourth-order valence-electron chi connectivity index (χ4n) is 7.36. The topological polar surface area (TPSA) is 184 Å². The highest BCUT2D eigenvalue weighted by molar-refractivity contribution is 6.01. The molecule has 1 aliphatic rings. The number of hydrogen-bond donors (Lipinski definition) is 3. The molecule has 320 valence electrons. The summed E-state index contributed by atoms with van der Waals surface area (Å²) in [7, 11) is 2.49. The smallest absolute Gasteiger partial charge is 0.432 e. The molecule has 1 fully saturated rings. The van der Waals surface area contributed by atoms with Crippen LogP contribution in [0.25, 0.3) is 22.5 Å². The molecule has 4 amide bonds. The predicted molar refractivity (Wildman–Crippen MR) is 235 cm³/mol. The van der Waals surface area contributed by atoms with Gasteiger partial charge >= 0.3 is 12.2 Å². The van der Waals surface area contributed by atoms with Crippen LogP contribution < -0.4 is 10.1 Å². The molecule has 0 radical (unpaired) electrons. The van der Waals surface area contributed by atoms with Crippen molar-refractivity contribution in [3.8, 4) is 46.4 Å². The van der Waals surface area contributed by atoms with Gasteiger partial charge in [-0.15, -0.1) is 12.3 Å². The van der Waals surface area contributed by atoms with Crippen molar-refractivity contribution in [2.24, 2.45) is 4.99 Å². The summed E-state index contributed by atoms with van der Waals surface area (Å²) in [6, 6.07) is 32.1. The number of nitrogens with zero attached hydrogens (tertiary/aromatic N) is 5. The van der Waals surface area contributed by atoms with Crippen molar-refractivity contribution in [2.45, 2.75) is 43.8 Å². The minimum Gasteiger partial charge on any atom is -0.457 e. The summed E-state index contributed by atoms with van der Waals surface area (Å²) >= 11 is 0. The molecule has 0 saturated carbocycles. The maximum absolute atomic E-state index is 14.0. The van der Waals surface area contributed by atoms with Crippen molar-refractivity contribution >= 4 is 30.2 Å². The average Bonchev–Trinajstić information content (AvgIpc) is 4.13. The fourth-order valence-corrected chi connectivity index (χ4v) is 7.36. The highest BCUT2D eigenvalue weighted by Crippen LogP contribution is 2.35. The van der Waals surface area contributed by atoms with E-state index in [9.17, 15) is 19.2 Å². The summed E-state index contributed by atoms with van der Waals surface area (Å²) in [6.07, 6.45) is 10.7. The largest absolute Gasteiger partial charge is 0.457 e. The molecule has 15 nitrogen and oxygen atoms in total.